The second-order valence-corrected chi connectivity index (χ2v) is 4.63. The average Bonchev–Trinajstić information content (AvgIpc) is 2.52. The van der Waals surface area contributed by atoms with Gasteiger partial charge in [0, 0.05) is 13.1 Å². The summed E-state index contributed by atoms with van der Waals surface area (Å²) < 4.78 is 10.8. The van der Waals surface area contributed by atoms with E-state index in [-0.39, 0.29) is 5.91 Å². The number of likely N-dealkylation sites (N-methyl/N-ethyl adjacent to an activating group) is 1. The zero-order valence-electron chi connectivity index (χ0n) is 13.2. The lowest BCUT2D eigenvalue weighted by molar-refractivity contribution is -0.121. The van der Waals surface area contributed by atoms with Crippen molar-refractivity contribution in [3.63, 3.8) is 0 Å². The molecule has 21 heavy (non-hydrogen) atoms. The molecule has 0 aromatic heterocycles. The number of carbonyl (C=O) groups excluding carboxylic acids is 1. The summed E-state index contributed by atoms with van der Waals surface area (Å²) in [4.78, 5) is 14.0. The molecule has 0 spiro atoms. The Hall–Kier alpha value is -1.75. The largest absolute Gasteiger partial charge is 0.493 e. The molecule has 0 unspecified atom stereocenters. The zero-order chi connectivity index (χ0) is 15.5. The number of nitrogens with one attached hydrogen (secondary N) is 1. The van der Waals surface area contributed by atoms with Gasteiger partial charge in [-0.25, -0.2) is 0 Å². The summed E-state index contributed by atoms with van der Waals surface area (Å²) in [6.07, 6.45) is 0.344. The van der Waals surface area contributed by atoms with Crippen molar-refractivity contribution in [3.8, 4) is 11.5 Å². The molecule has 0 heterocycles. The monoisotopic (exact) mass is 294 g/mol. The van der Waals surface area contributed by atoms with Crippen LogP contribution < -0.4 is 14.8 Å². The van der Waals surface area contributed by atoms with Crippen LogP contribution in [-0.2, 0) is 4.79 Å². The molecule has 0 aliphatic heterocycles. The number of hydrogen-bond acceptors (Lipinski definition) is 4. The van der Waals surface area contributed by atoms with Crippen molar-refractivity contribution in [2.45, 2.75) is 20.3 Å². The molecule has 0 radical (unpaired) electrons. The summed E-state index contributed by atoms with van der Waals surface area (Å²) in [5.41, 5.74) is 0. The van der Waals surface area contributed by atoms with Gasteiger partial charge in [-0.05, 0) is 25.2 Å². The van der Waals surface area contributed by atoms with E-state index in [1.54, 1.807) is 7.11 Å². The number of hydrogen-bond donors (Lipinski definition) is 1. The zero-order valence-corrected chi connectivity index (χ0v) is 13.2. The van der Waals surface area contributed by atoms with Crippen molar-refractivity contribution in [1.82, 2.24) is 10.2 Å². The molecule has 0 aliphatic carbocycles. The maximum absolute atomic E-state index is 11.7. The summed E-state index contributed by atoms with van der Waals surface area (Å²) in [6, 6.07) is 7.42. The summed E-state index contributed by atoms with van der Waals surface area (Å²) in [6.45, 7) is 8.14. The van der Waals surface area contributed by atoms with Crippen LogP contribution in [0.2, 0.25) is 0 Å². The molecule has 0 saturated carbocycles. The molecule has 118 valence electrons. The van der Waals surface area contributed by atoms with Crippen molar-refractivity contribution in [2.75, 3.05) is 39.9 Å². The number of nitrogens with zero attached hydrogens (tertiary/aromatic N) is 1. The van der Waals surface area contributed by atoms with Crippen LogP contribution in [0.5, 0.6) is 11.5 Å². The Labute approximate surface area is 127 Å². The van der Waals surface area contributed by atoms with Gasteiger partial charge in [-0.3, -0.25) is 4.79 Å². The van der Waals surface area contributed by atoms with Gasteiger partial charge in [0.1, 0.15) is 0 Å². The Balaban J connectivity index is 2.21. The maximum atomic E-state index is 11.7. The first kappa shape index (κ1) is 17.3. The van der Waals surface area contributed by atoms with Crippen LogP contribution >= 0.6 is 0 Å². The predicted octanol–water partition coefficient (Wildman–Crippen LogP) is 1.92. The maximum Gasteiger partial charge on any atom is 0.223 e. The Morgan fingerprint density at radius 1 is 1.19 bits per heavy atom. The van der Waals surface area contributed by atoms with E-state index in [9.17, 15) is 4.79 Å². The first-order valence-electron chi connectivity index (χ1n) is 7.46. The molecule has 1 amide bonds. The predicted molar refractivity (Wildman–Crippen MR) is 83.9 cm³/mol. The highest BCUT2D eigenvalue weighted by molar-refractivity contribution is 5.75. The average molecular weight is 294 g/mol. The van der Waals surface area contributed by atoms with E-state index in [2.05, 4.69) is 24.1 Å². The van der Waals surface area contributed by atoms with E-state index in [1.807, 2.05) is 24.3 Å². The quantitative estimate of drug-likeness (QED) is 0.716. The summed E-state index contributed by atoms with van der Waals surface area (Å²) in [5.74, 6) is 1.35. The van der Waals surface area contributed by atoms with Crippen molar-refractivity contribution >= 4 is 5.91 Å². The number of amides is 1. The third-order valence-corrected chi connectivity index (χ3v) is 3.30. The van der Waals surface area contributed by atoms with Crippen LogP contribution in [0.3, 0.4) is 0 Å². The SMILES string of the molecule is CCN(CC)CCNC(=O)CCOc1ccccc1OC. The number of para-hydroxylation sites is 2. The third kappa shape index (κ3) is 6.49. The van der Waals surface area contributed by atoms with Gasteiger partial charge in [0.2, 0.25) is 5.91 Å². The number of rotatable bonds is 10. The first-order valence-corrected chi connectivity index (χ1v) is 7.46. The Morgan fingerprint density at radius 3 is 2.48 bits per heavy atom. The van der Waals surface area contributed by atoms with Gasteiger partial charge < -0.3 is 19.7 Å². The van der Waals surface area contributed by atoms with Gasteiger partial charge in [-0.2, -0.15) is 0 Å². The summed E-state index contributed by atoms with van der Waals surface area (Å²) >= 11 is 0. The summed E-state index contributed by atoms with van der Waals surface area (Å²) in [7, 11) is 1.60. The molecule has 0 saturated heterocycles. The topological polar surface area (TPSA) is 50.8 Å². The molecule has 0 atom stereocenters. The number of carbonyl (C=O) groups is 1. The fourth-order valence-corrected chi connectivity index (χ4v) is 1.97. The molecule has 1 aromatic rings. The molecule has 1 rings (SSSR count). The molecular weight excluding hydrogens is 268 g/mol. The molecule has 5 heteroatoms. The second-order valence-electron chi connectivity index (χ2n) is 4.63. The second kappa shape index (κ2) is 10.0. The highest BCUT2D eigenvalue weighted by Crippen LogP contribution is 2.25. The summed E-state index contributed by atoms with van der Waals surface area (Å²) in [5, 5.41) is 2.90. The minimum absolute atomic E-state index is 0.0112. The van der Waals surface area contributed by atoms with E-state index in [4.69, 9.17) is 9.47 Å². The first-order chi connectivity index (χ1) is 10.2. The molecule has 0 fully saturated rings. The standard InChI is InChI=1S/C16H26N2O3/c1-4-18(5-2)12-11-17-16(19)10-13-21-15-9-7-6-8-14(15)20-3/h6-9H,4-5,10-13H2,1-3H3,(H,17,19). The van der Waals surface area contributed by atoms with E-state index >= 15 is 0 Å². The lowest BCUT2D eigenvalue weighted by Gasteiger charge is -2.18. The normalized spacial score (nSPS) is 10.5. The van der Waals surface area contributed by atoms with Gasteiger partial charge in [-0.15, -0.1) is 0 Å². The fourth-order valence-electron chi connectivity index (χ4n) is 1.97. The molecule has 0 bridgehead atoms. The van der Waals surface area contributed by atoms with Crippen LogP contribution in [0.25, 0.3) is 0 Å². The van der Waals surface area contributed by atoms with E-state index in [0.29, 0.717) is 31.1 Å². The van der Waals surface area contributed by atoms with Crippen molar-refractivity contribution in [2.24, 2.45) is 0 Å². The van der Waals surface area contributed by atoms with Crippen LogP contribution in [0.4, 0.5) is 0 Å². The fraction of sp³-hybridized carbons (Fsp3) is 0.562. The molecule has 1 N–H and O–H groups in total. The van der Waals surface area contributed by atoms with Crippen LogP contribution in [-0.4, -0.2) is 50.7 Å². The van der Waals surface area contributed by atoms with Crippen LogP contribution in [0.1, 0.15) is 20.3 Å². The van der Waals surface area contributed by atoms with Gasteiger partial charge in [0.15, 0.2) is 11.5 Å². The van der Waals surface area contributed by atoms with E-state index in [0.717, 1.165) is 19.6 Å². The molecular formula is C16H26N2O3. The number of benzene rings is 1. The van der Waals surface area contributed by atoms with Gasteiger partial charge >= 0.3 is 0 Å². The lowest BCUT2D eigenvalue weighted by Crippen LogP contribution is -2.35. The van der Waals surface area contributed by atoms with Gasteiger partial charge in [0.25, 0.3) is 0 Å². The van der Waals surface area contributed by atoms with Crippen LogP contribution in [0, 0.1) is 0 Å². The van der Waals surface area contributed by atoms with Crippen molar-refractivity contribution < 1.29 is 14.3 Å². The number of methoxy groups -OCH3 is 1. The van der Waals surface area contributed by atoms with Gasteiger partial charge in [0.05, 0.1) is 20.1 Å². The lowest BCUT2D eigenvalue weighted by atomic mass is 10.3. The minimum atomic E-state index is 0.0112. The smallest absolute Gasteiger partial charge is 0.223 e. The molecule has 5 nitrogen and oxygen atoms in total. The van der Waals surface area contributed by atoms with E-state index in [1.165, 1.54) is 0 Å². The van der Waals surface area contributed by atoms with Gasteiger partial charge in [-0.1, -0.05) is 26.0 Å². The Bertz CT molecular complexity index is 420. The van der Waals surface area contributed by atoms with Crippen molar-refractivity contribution in [1.29, 1.82) is 0 Å². The molecule has 0 aliphatic rings. The van der Waals surface area contributed by atoms with Crippen molar-refractivity contribution in [3.05, 3.63) is 24.3 Å². The number of ether oxygens (including phenoxy) is 2. The molecule has 1 aromatic carbocycles. The minimum Gasteiger partial charge on any atom is -0.493 e. The third-order valence-electron chi connectivity index (χ3n) is 3.30. The van der Waals surface area contributed by atoms with E-state index < -0.39 is 0 Å². The highest BCUT2D eigenvalue weighted by atomic mass is 16.5. The Morgan fingerprint density at radius 2 is 1.86 bits per heavy atom. The van der Waals surface area contributed by atoms with Crippen LogP contribution in [0.15, 0.2) is 24.3 Å². The highest BCUT2D eigenvalue weighted by Gasteiger charge is 2.06. The Kier molecular flexibility index (Phi) is 8.28.